The normalized spacial score (nSPS) is 24.0. The molecule has 0 radical (unpaired) electrons. The van der Waals surface area contributed by atoms with Gasteiger partial charge in [0.25, 0.3) is 5.91 Å². The van der Waals surface area contributed by atoms with Crippen LogP contribution in [0.25, 0.3) is 0 Å². The Hall–Kier alpha value is -1.84. The van der Waals surface area contributed by atoms with E-state index in [0.717, 1.165) is 31.2 Å². The van der Waals surface area contributed by atoms with E-state index in [9.17, 15) is 9.59 Å². The lowest BCUT2D eigenvalue weighted by Crippen LogP contribution is -2.42. The van der Waals surface area contributed by atoms with Gasteiger partial charge >= 0.3 is 6.03 Å². The molecule has 3 rings (SSSR count). The summed E-state index contributed by atoms with van der Waals surface area (Å²) in [5.41, 5.74) is 1.07. The van der Waals surface area contributed by atoms with Crippen molar-refractivity contribution in [2.75, 3.05) is 0 Å². The van der Waals surface area contributed by atoms with E-state index in [1.54, 1.807) is 4.90 Å². The van der Waals surface area contributed by atoms with Gasteiger partial charge in [-0.2, -0.15) is 0 Å². The first kappa shape index (κ1) is 14.1. The Morgan fingerprint density at radius 1 is 1.05 bits per heavy atom. The summed E-state index contributed by atoms with van der Waals surface area (Å²) in [6.07, 6.45) is 5.38. The summed E-state index contributed by atoms with van der Waals surface area (Å²) in [4.78, 5) is 28.4. The smallest absolute Gasteiger partial charge is 0.308 e. The van der Waals surface area contributed by atoms with Gasteiger partial charge in [0.1, 0.15) is 6.04 Å². The van der Waals surface area contributed by atoms with Crippen LogP contribution >= 0.6 is 0 Å². The van der Waals surface area contributed by atoms with E-state index in [4.69, 9.17) is 0 Å². The number of nitrogens with zero attached hydrogens (tertiary/aromatic N) is 2. The van der Waals surface area contributed by atoms with Crippen molar-refractivity contribution in [2.24, 2.45) is 0 Å². The Labute approximate surface area is 125 Å². The zero-order chi connectivity index (χ0) is 14.8. The molecule has 21 heavy (non-hydrogen) atoms. The van der Waals surface area contributed by atoms with Gasteiger partial charge in [-0.05, 0) is 25.3 Å². The fraction of sp³-hybridized carbons (Fsp3) is 0.529. The molecule has 3 amide bonds. The van der Waals surface area contributed by atoms with E-state index in [1.807, 2.05) is 37.3 Å². The highest BCUT2D eigenvalue weighted by molar-refractivity contribution is 6.04. The third kappa shape index (κ3) is 2.67. The van der Waals surface area contributed by atoms with Gasteiger partial charge in [-0.3, -0.25) is 9.69 Å². The number of amides is 3. The standard InChI is InChI=1S/C17H22N2O2/c1-13-16(20)19(15-10-6-3-7-11-15)17(21)18(13)12-14-8-4-2-5-9-14/h2,4-5,8-9,13,15H,3,6-7,10-12H2,1H3/t13-/m0/s1. The number of hydrogen-bond acceptors (Lipinski definition) is 2. The molecular formula is C17H22N2O2. The summed E-state index contributed by atoms with van der Waals surface area (Å²) in [5, 5.41) is 0. The number of rotatable bonds is 3. The zero-order valence-electron chi connectivity index (χ0n) is 12.5. The van der Waals surface area contributed by atoms with Crippen molar-refractivity contribution in [3.63, 3.8) is 0 Å². The molecule has 0 N–H and O–H groups in total. The molecular weight excluding hydrogens is 264 g/mol. The minimum Gasteiger partial charge on any atom is -0.308 e. The van der Waals surface area contributed by atoms with Gasteiger partial charge in [0, 0.05) is 12.6 Å². The number of benzene rings is 1. The Morgan fingerprint density at radius 2 is 1.71 bits per heavy atom. The highest BCUT2D eigenvalue weighted by Crippen LogP contribution is 2.29. The maximum Gasteiger partial charge on any atom is 0.328 e. The summed E-state index contributed by atoms with van der Waals surface area (Å²) in [6, 6.07) is 9.52. The summed E-state index contributed by atoms with van der Waals surface area (Å²) in [6.45, 7) is 2.35. The number of urea groups is 1. The van der Waals surface area contributed by atoms with E-state index >= 15 is 0 Å². The maximum absolute atomic E-state index is 12.7. The molecule has 4 heteroatoms. The fourth-order valence-corrected chi connectivity index (χ4v) is 3.39. The first-order valence-corrected chi connectivity index (χ1v) is 7.86. The second-order valence-corrected chi connectivity index (χ2v) is 6.07. The van der Waals surface area contributed by atoms with Crippen LogP contribution < -0.4 is 0 Å². The van der Waals surface area contributed by atoms with Gasteiger partial charge in [-0.1, -0.05) is 49.6 Å². The van der Waals surface area contributed by atoms with Crippen molar-refractivity contribution in [3.8, 4) is 0 Å². The highest BCUT2D eigenvalue weighted by atomic mass is 16.2. The van der Waals surface area contributed by atoms with Crippen molar-refractivity contribution in [2.45, 2.75) is 57.7 Å². The SMILES string of the molecule is C[C@H]1C(=O)N(C2CCCCC2)C(=O)N1Cc1ccccc1. The average Bonchev–Trinajstić information content (AvgIpc) is 2.73. The van der Waals surface area contributed by atoms with Gasteiger partial charge in [0.05, 0.1) is 0 Å². The van der Waals surface area contributed by atoms with Crippen LogP contribution in [-0.2, 0) is 11.3 Å². The van der Waals surface area contributed by atoms with Crippen molar-refractivity contribution >= 4 is 11.9 Å². The molecule has 1 heterocycles. The molecule has 1 atom stereocenters. The van der Waals surface area contributed by atoms with Crippen molar-refractivity contribution in [3.05, 3.63) is 35.9 Å². The van der Waals surface area contributed by atoms with E-state index in [1.165, 1.54) is 11.3 Å². The van der Waals surface area contributed by atoms with Gasteiger partial charge < -0.3 is 4.90 Å². The predicted octanol–water partition coefficient (Wildman–Crippen LogP) is 3.17. The van der Waals surface area contributed by atoms with Crippen LogP contribution in [0.2, 0.25) is 0 Å². The summed E-state index contributed by atoms with van der Waals surface area (Å²) >= 11 is 0. The van der Waals surface area contributed by atoms with Crippen LogP contribution in [0.3, 0.4) is 0 Å². The third-order valence-corrected chi connectivity index (χ3v) is 4.65. The summed E-state index contributed by atoms with van der Waals surface area (Å²) in [7, 11) is 0. The Kier molecular flexibility index (Phi) is 3.95. The van der Waals surface area contributed by atoms with Crippen LogP contribution in [0.1, 0.15) is 44.6 Å². The highest BCUT2D eigenvalue weighted by Gasteiger charge is 2.45. The fourth-order valence-electron chi connectivity index (χ4n) is 3.39. The lowest BCUT2D eigenvalue weighted by Gasteiger charge is -2.29. The number of imide groups is 1. The second-order valence-electron chi connectivity index (χ2n) is 6.07. The number of carbonyl (C=O) groups excluding carboxylic acids is 2. The lowest BCUT2D eigenvalue weighted by atomic mass is 9.94. The Bertz CT molecular complexity index is 523. The molecule has 0 aromatic heterocycles. The topological polar surface area (TPSA) is 40.6 Å². The van der Waals surface area contributed by atoms with E-state index in [2.05, 4.69) is 0 Å². The Balaban J connectivity index is 1.77. The van der Waals surface area contributed by atoms with Crippen LogP contribution in [0.15, 0.2) is 30.3 Å². The van der Waals surface area contributed by atoms with E-state index < -0.39 is 0 Å². The van der Waals surface area contributed by atoms with Crippen LogP contribution in [0.5, 0.6) is 0 Å². The largest absolute Gasteiger partial charge is 0.328 e. The molecule has 2 aliphatic rings. The molecule has 1 saturated heterocycles. The average molecular weight is 286 g/mol. The van der Waals surface area contributed by atoms with Crippen molar-refractivity contribution in [1.82, 2.24) is 9.80 Å². The zero-order valence-corrected chi connectivity index (χ0v) is 12.5. The first-order valence-electron chi connectivity index (χ1n) is 7.86. The first-order chi connectivity index (χ1) is 10.2. The van der Waals surface area contributed by atoms with Crippen molar-refractivity contribution < 1.29 is 9.59 Å². The molecule has 2 fully saturated rings. The van der Waals surface area contributed by atoms with Crippen molar-refractivity contribution in [1.29, 1.82) is 0 Å². The lowest BCUT2D eigenvalue weighted by molar-refractivity contribution is -0.129. The minimum atomic E-state index is -0.348. The number of carbonyl (C=O) groups is 2. The molecule has 0 unspecified atom stereocenters. The second kappa shape index (κ2) is 5.88. The monoisotopic (exact) mass is 286 g/mol. The molecule has 1 aliphatic heterocycles. The maximum atomic E-state index is 12.7. The van der Waals surface area contributed by atoms with Gasteiger partial charge in [0.2, 0.25) is 0 Å². The van der Waals surface area contributed by atoms with Crippen LogP contribution in [0.4, 0.5) is 4.79 Å². The summed E-state index contributed by atoms with van der Waals surface area (Å²) in [5.74, 6) is -0.0252. The third-order valence-electron chi connectivity index (χ3n) is 4.65. The summed E-state index contributed by atoms with van der Waals surface area (Å²) < 4.78 is 0. The predicted molar refractivity (Wildman–Crippen MR) is 80.6 cm³/mol. The van der Waals surface area contributed by atoms with E-state index in [-0.39, 0.29) is 24.0 Å². The minimum absolute atomic E-state index is 0.0252. The molecule has 1 aromatic carbocycles. The van der Waals surface area contributed by atoms with Gasteiger partial charge in [-0.25, -0.2) is 4.79 Å². The Morgan fingerprint density at radius 3 is 2.38 bits per heavy atom. The van der Waals surface area contributed by atoms with Gasteiger partial charge in [0.15, 0.2) is 0 Å². The molecule has 0 bridgehead atoms. The molecule has 112 valence electrons. The molecule has 1 aliphatic carbocycles. The molecule has 0 spiro atoms. The van der Waals surface area contributed by atoms with E-state index in [0.29, 0.717) is 6.54 Å². The van der Waals surface area contributed by atoms with Crippen LogP contribution in [0, 0.1) is 0 Å². The van der Waals surface area contributed by atoms with Gasteiger partial charge in [-0.15, -0.1) is 0 Å². The quantitative estimate of drug-likeness (QED) is 0.801. The molecule has 1 saturated carbocycles. The molecule has 1 aromatic rings. The molecule has 4 nitrogen and oxygen atoms in total. The van der Waals surface area contributed by atoms with Crippen LogP contribution in [-0.4, -0.2) is 33.8 Å². The number of hydrogen-bond donors (Lipinski definition) is 0.